The first-order valence-electron chi connectivity index (χ1n) is 4.75. The summed E-state index contributed by atoms with van der Waals surface area (Å²) >= 11 is 4.84. The van der Waals surface area contributed by atoms with Gasteiger partial charge < -0.3 is 9.40 Å². The third kappa shape index (κ3) is 2.12. The van der Waals surface area contributed by atoms with Crippen LogP contribution >= 0.6 is 12.2 Å². The van der Waals surface area contributed by atoms with Gasteiger partial charge in [-0.2, -0.15) is 0 Å². The van der Waals surface area contributed by atoms with Gasteiger partial charge in [-0.3, -0.25) is 9.63 Å². The quantitative estimate of drug-likeness (QED) is 0.635. The van der Waals surface area contributed by atoms with Gasteiger partial charge in [0.2, 0.25) is 0 Å². The zero-order valence-corrected chi connectivity index (χ0v) is 9.39. The molecule has 84 valence electrons. The van der Waals surface area contributed by atoms with Crippen molar-refractivity contribution in [2.24, 2.45) is 0 Å². The normalized spacial score (nSPS) is 10.6. The van der Waals surface area contributed by atoms with Gasteiger partial charge in [0.1, 0.15) is 0 Å². The lowest BCUT2D eigenvalue weighted by molar-refractivity contribution is 0.0364. The summed E-state index contributed by atoms with van der Waals surface area (Å²) < 4.78 is 5.20. The third-order valence-electron chi connectivity index (χ3n) is 1.99. The molecule has 0 fully saturated rings. The molecule has 0 aliphatic rings. The fourth-order valence-electron chi connectivity index (χ4n) is 1.28. The first-order chi connectivity index (χ1) is 7.70. The molecule has 5 nitrogen and oxygen atoms in total. The van der Waals surface area contributed by atoms with E-state index >= 15 is 0 Å². The molecule has 1 heterocycles. The molecule has 0 saturated heterocycles. The molecule has 0 bridgehead atoms. The molecular weight excluding hydrogens is 228 g/mol. The number of hydroxylamine groups is 1. The monoisotopic (exact) mass is 238 g/mol. The van der Waals surface area contributed by atoms with Crippen LogP contribution in [0, 0.1) is 4.84 Å². The number of aromatic amines is 1. The van der Waals surface area contributed by atoms with Crippen LogP contribution in [0.25, 0.3) is 11.1 Å². The summed E-state index contributed by atoms with van der Waals surface area (Å²) in [6, 6.07) is 5.00. The van der Waals surface area contributed by atoms with Gasteiger partial charge in [0, 0.05) is 5.56 Å². The molecule has 2 N–H and O–H groups in total. The minimum Gasteiger partial charge on any atom is -0.429 e. The van der Waals surface area contributed by atoms with Gasteiger partial charge in [-0.25, -0.2) is 5.48 Å². The van der Waals surface area contributed by atoms with Gasteiger partial charge in [-0.05, 0) is 37.3 Å². The van der Waals surface area contributed by atoms with Crippen molar-refractivity contribution in [3.8, 4) is 0 Å². The Morgan fingerprint density at radius 3 is 3.19 bits per heavy atom. The summed E-state index contributed by atoms with van der Waals surface area (Å²) in [7, 11) is 0. The van der Waals surface area contributed by atoms with Crippen molar-refractivity contribution in [2.45, 2.75) is 6.92 Å². The number of benzene rings is 1. The molecule has 2 aromatic rings. The number of aromatic nitrogens is 1. The third-order valence-corrected chi connectivity index (χ3v) is 2.18. The maximum Gasteiger partial charge on any atom is 0.274 e. The van der Waals surface area contributed by atoms with Crippen molar-refractivity contribution in [2.75, 3.05) is 6.61 Å². The van der Waals surface area contributed by atoms with Gasteiger partial charge in [0.25, 0.3) is 10.7 Å². The van der Waals surface area contributed by atoms with E-state index in [1.54, 1.807) is 25.1 Å². The van der Waals surface area contributed by atoms with Crippen molar-refractivity contribution >= 4 is 29.2 Å². The fraction of sp³-hybridized carbons (Fsp3) is 0.200. The average Bonchev–Trinajstić information content (AvgIpc) is 2.64. The number of rotatable bonds is 3. The summed E-state index contributed by atoms with van der Waals surface area (Å²) in [5, 5.41) is 0. The molecule has 0 atom stereocenters. The number of hydrogen-bond donors (Lipinski definition) is 2. The second kappa shape index (κ2) is 4.46. The molecule has 1 aromatic carbocycles. The van der Waals surface area contributed by atoms with Gasteiger partial charge in [0.15, 0.2) is 5.58 Å². The molecule has 0 aliphatic carbocycles. The Balaban J connectivity index is 2.31. The van der Waals surface area contributed by atoms with Crippen molar-refractivity contribution in [1.29, 1.82) is 0 Å². The molecule has 2 rings (SSSR count). The van der Waals surface area contributed by atoms with Gasteiger partial charge in [-0.1, -0.05) is 0 Å². The Morgan fingerprint density at radius 1 is 1.62 bits per heavy atom. The van der Waals surface area contributed by atoms with Crippen LogP contribution in [0.3, 0.4) is 0 Å². The molecule has 6 heteroatoms. The summed E-state index contributed by atoms with van der Waals surface area (Å²) in [5.74, 6) is -0.314. The number of amides is 1. The van der Waals surface area contributed by atoms with Gasteiger partial charge in [-0.15, -0.1) is 0 Å². The smallest absolute Gasteiger partial charge is 0.274 e. The number of nitrogens with one attached hydrogen (secondary N) is 2. The van der Waals surface area contributed by atoms with E-state index in [4.69, 9.17) is 21.5 Å². The summed E-state index contributed by atoms with van der Waals surface area (Å²) in [6.45, 7) is 2.20. The second-order valence-electron chi connectivity index (χ2n) is 3.09. The van der Waals surface area contributed by atoms with Crippen LogP contribution in [0.4, 0.5) is 0 Å². The van der Waals surface area contributed by atoms with E-state index in [1.807, 2.05) is 0 Å². The number of hydrogen-bond acceptors (Lipinski definition) is 4. The Bertz CT molecular complexity index is 573. The van der Waals surface area contributed by atoms with Crippen LogP contribution in [0.15, 0.2) is 22.6 Å². The van der Waals surface area contributed by atoms with E-state index in [1.165, 1.54) is 0 Å². The van der Waals surface area contributed by atoms with Gasteiger partial charge in [0.05, 0.1) is 12.1 Å². The zero-order chi connectivity index (χ0) is 11.5. The molecular formula is C10H10N2O3S. The minimum absolute atomic E-state index is 0.289. The Labute approximate surface area is 96.4 Å². The summed E-state index contributed by atoms with van der Waals surface area (Å²) in [5.41, 5.74) is 4.07. The van der Waals surface area contributed by atoms with Crippen molar-refractivity contribution in [3.05, 3.63) is 28.6 Å². The number of carbonyl (C=O) groups excluding carboxylic acids is 1. The summed E-state index contributed by atoms with van der Waals surface area (Å²) in [6.07, 6.45) is 0. The lowest BCUT2D eigenvalue weighted by atomic mass is 10.2. The van der Waals surface area contributed by atoms with Crippen LogP contribution < -0.4 is 5.48 Å². The predicted octanol–water partition coefficient (Wildman–Crippen LogP) is 2.17. The molecule has 0 unspecified atom stereocenters. The average molecular weight is 238 g/mol. The molecule has 0 aliphatic heterocycles. The lowest BCUT2D eigenvalue weighted by Gasteiger charge is -2.02. The van der Waals surface area contributed by atoms with E-state index in [0.29, 0.717) is 17.8 Å². The first-order valence-corrected chi connectivity index (χ1v) is 5.16. The van der Waals surface area contributed by atoms with Crippen LogP contribution in [0.1, 0.15) is 17.3 Å². The highest BCUT2D eigenvalue weighted by atomic mass is 32.1. The van der Waals surface area contributed by atoms with E-state index < -0.39 is 0 Å². The lowest BCUT2D eigenvalue weighted by Crippen LogP contribution is -2.23. The van der Waals surface area contributed by atoms with Crippen molar-refractivity contribution in [1.82, 2.24) is 10.5 Å². The van der Waals surface area contributed by atoms with E-state index in [0.717, 1.165) is 5.52 Å². The number of H-pyrrole nitrogens is 1. The summed E-state index contributed by atoms with van der Waals surface area (Å²) in [4.78, 5) is 19.5. The van der Waals surface area contributed by atoms with Crippen LogP contribution in [-0.4, -0.2) is 17.5 Å². The SMILES string of the molecule is CCONC(=O)c1ccc2[nH]c(=S)oc2c1. The molecule has 1 amide bonds. The Hall–Kier alpha value is -1.66. The molecule has 0 radical (unpaired) electrons. The molecule has 1 aromatic heterocycles. The molecule has 16 heavy (non-hydrogen) atoms. The number of fused-ring (bicyclic) bond motifs is 1. The Kier molecular flexibility index (Phi) is 3.02. The zero-order valence-electron chi connectivity index (χ0n) is 8.57. The second-order valence-corrected chi connectivity index (χ2v) is 3.46. The highest BCUT2D eigenvalue weighted by Crippen LogP contribution is 2.15. The maximum absolute atomic E-state index is 11.5. The fourth-order valence-corrected chi connectivity index (χ4v) is 1.48. The topological polar surface area (TPSA) is 67.3 Å². The Morgan fingerprint density at radius 2 is 2.44 bits per heavy atom. The van der Waals surface area contributed by atoms with Crippen molar-refractivity contribution in [3.63, 3.8) is 0 Å². The van der Waals surface area contributed by atoms with Crippen molar-refractivity contribution < 1.29 is 14.0 Å². The van der Waals surface area contributed by atoms with E-state index in [9.17, 15) is 4.79 Å². The highest BCUT2D eigenvalue weighted by Gasteiger charge is 2.07. The van der Waals surface area contributed by atoms with Crippen LogP contribution in [0.2, 0.25) is 0 Å². The predicted molar refractivity (Wildman–Crippen MR) is 60.5 cm³/mol. The van der Waals surface area contributed by atoms with Crippen LogP contribution in [0.5, 0.6) is 0 Å². The maximum atomic E-state index is 11.5. The highest BCUT2D eigenvalue weighted by molar-refractivity contribution is 7.71. The minimum atomic E-state index is -0.314. The molecule has 0 saturated carbocycles. The standard InChI is InChI=1S/C10H10N2O3S/c1-2-14-12-9(13)6-3-4-7-8(5-6)15-10(16)11-7/h3-5H,2H2,1H3,(H,11,16)(H,12,13). The first kappa shape index (κ1) is 10.8. The van der Waals surface area contributed by atoms with Gasteiger partial charge >= 0.3 is 0 Å². The molecule has 0 spiro atoms. The van der Waals surface area contributed by atoms with Crippen LogP contribution in [-0.2, 0) is 4.84 Å². The number of carbonyl (C=O) groups is 1. The largest absolute Gasteiger partial charge is 0.429 e. The van der Waals surface area contributed by atoms with E-state index in [2.05, 4.69) is 10.5 Å². The number of oxazole rings is 1. The van der Waals surface area contributed by atoms with E-state index in [-0.39, 0.29) is 10.7 Å².